The van der Waals surface area contributed by atoms with E-state index in [0.29, 0.717) is 45.5 Å². The van der Waals surface area contributed by atoms with Gasteiger partial charge in [-0.2, -0.15) is 5.10 Å². The van der Waals surface area contributed by atoms with Gasteiger partial charge in [0.1, 0.15) is 5.71 Å². The highest BCUT2D eigenvalue weighted by Gasteiger charge is 2.21. The minimum Gasteiger partial charge on any atom is -0.493 e. The largest absolute Gasteiger partial charge is 0.493 e. The molecule has 1 amide bonds. The number of hydrogen-bond acceptors (Lipinski definition) is 6. The number of rotatable bonds is 8. The van der Waals surface area contributed by atoms with Gasteiger partial charge in [-0.05, 0) is 31.2 Å². The second-order valence-corrected chi connectivity index (χ2v) is 7.77. The molecule has 2 N–H and O–H groups in total. The van der Waals surface area contributed by atoms with Gasteiger partial charge in [0.05, 0.1) is 32.6 Å². The molecule has 0 atom stereocenters. The maximum Gasteiger partial charge on any atom is 0.281 e. The van der Waals surface area contributed by atoms with E-state index in [1.165, 1.54) is 38.1 Å². The van der Waals surface area contributed by atoms with E-state index in [-0.39, 0.29) is 11.1 Å². The van der Waals surface area contributed by atoms with Crippen molar-refractivity contribution in [3.63, 3.8) is 0 Å². The third-order valence-corrected chi connectivity index (χ3v) is 5.57. The number of carbonyl (C=O) groups excluding carboxylic acids is 1. The summed E-state index contributed by atoms with van der Waals surface area (Å²) < 4.78 is 17.5. The second-order valence-electron chi connectivity index (χ2n) is 7.77. The lowest BCUT2D eigenvalue weighted by Gasteiger charge is -2.13. The number of ether oxygens (including phenoxy) is 3. The van der Waals surface area contributed by atoms with Crippen molar-refractivity contribution >= 4 is 11.6 Å². The van der Waals surface area contributed by atoms with Crippen LogP contribution >= 0.6 is 0 Å². The number of aromatic amines is 1. The van der Waals surface area contributed by atoms with Gasteiger partial charge in [-0.25, -0.2) is 10.1 Å². The van der Waals surface area contributed by atoms with Crippen LogP contribution in [0.5, 0.6) is 17.2 Å². The van der Waals surface area contributed by atoms with E-state index in [1.807, 2.05) is 60.7 Å². The third kappa shape index (κ3) is 4.72. The Balaban J connectivity index is 1.77. The van der Waals surface area contributed by atoms with Gasteiger partial charge < -0.3 is 14.2 Å². The Morgan fingerprint density at radius 1 is 0.861 bits per heavy atom. The first-order valence-electron chi connectivity index (χ1n) is 11.1. The van der Waals surface area contributed by atoms with Crippen LogP contribution < -0.4 is 25.2 Å². The summed E-state index contributed by atoms with van der Waals surface area (Å²) in [5.41, 5.74) is 5.16. The molecule has 0 aliphatic rings. The zero-order chi connectivity index (χ0) is 25.7. The van der Waals surface area contributed by atoms with Gasteiger partial charge in [0.2, 0.25) is 5.75 Å². The molecule has 0 radical (unpaired) electrons. The van der Waals surface area contributed by atoms with Gasteiger partial charge >= 0.3 is 0 Å². The summed E-state index contributed by atoms with van der Waals surface area (Å²) >= 11 is 0. The number of aryl methyl sites for hydroxylation is 1. The zero-order valence-corrected chi connectivity index (χ0v) is 20.4. The average molecular weight is 487 g/mol. The standard InChI is InChI=1S/C27H26N4O5/c1-17-23(27(33)31(30-17)20-13-9-6-10-14-20)24(18-11-7-5-8-12-18)28-29-26(32)19-15-21(34-2)25(36-4)22(16-19)35-3/h5-16,30H,1-4H3,(H,29,32)/b28-24+. The molecule has 4 aromatic rings. The lowest BCUT2D eigenvalue weighted by atomic mass is 10.0. The van der Waals surface area contributed by atoms with Gasteiger partial charge in [0.15, 0.2) is 11.5 Å². The fraction of sp³-hybridized carbons (Fsp3) is 0.148. The van der Waals surface area contributed by atoms with Crippen LogP contribution in [0.25, 0.3) is 5.69 Å². The van der Waals surface area contributed by atoms with E-state index in [1.54, 1.807) is 6.92 Å². The summed E-state index contributed by atoms with van der Waals surface area (Å²) in [6.07, 6.45) is 0. The molecule has 0 spiro atoms. The number of nitrogens with zero attached hydrogens (tertiary/aromatic N) is 2. The fourth-order valence-electron chi connectivity index (χ4n) is 3.83. The van der Waals surface area contributed by atoms with Crippen molar-refractivity contribution in [2.75, 3.05) is 21.3 Å². The fourth-order valence-corrected chi connectivity index (χ4v) is 3.83. The molecule has 4 rings (SSSR count). The van der Waals surface area contributed by atoms with Gasteiger partial charge in [-0.15, -0.1) is 0 Å². The van der Waals surface area contributed by atoms with E-state index in [2.05, 4.69) is 15.6 Å². The molecule has 0 unspecified atom stereocenters. The van der Waals surface area contributed by atoms with E-state index in [9.17, 15) is 9.59 Å². The number of aromatic nitrogens is 2. The van der Waals surface area contributed by atoms with Crippen LogP contribution in [0.1, 0.15) is 27.2 Å². The molecule has 9 nitrogen and oxygen atoms in total. The Morgan fingerprint density at radius 3 is 2.00 bits per heavy atom. The lowest BCUT2D eigenvalue weighted by Crippen LogP contribution is -2.25. The number of carbonyl (C=O) groups is 1. The SMILES string of the molecule is COc1cc(C(=O)N/N=C(\c2ccccc2)c2c(C)[nH]n(-c3ccccc3)c2=O)cc(OC)c1OC. The minimum absolute atomic E-state index is 0.244. The maximum absolute atomic E-state index is 13.4. The molecule has 1 heterocycles. The average Bonchev–Trinajstić information content (AvgIpc) is 3.22. The molecule has 9 heteroatoms. The lowest BCUT2D eigenvalue weighted by molar-refractivity contribution is 0.0954. The molecule has 0 saturated carbocycles. The molecule has 0 aliphatic carbocycles. The van der Waals surface area contributed by atoms with Crippen molar-refractivity contribution in [3.05, 3.63) is 106 Å². The highest BCUT2D eigenvalue weighted by atomic mass is 16.5. The number of hydrogen-bond donors (Lipinski definition) is 2. The minimum atomic E-state index is -0.515. The summed E-state index contributed by atoms with van der Waals surface area (Å²) in [7, 11) is 4.42. The zero-order valence-electron chi connectivity index (χ0n) is 20.4. The van der Waals surface area contributed by atoms with Crippen molar-refractivity contribution < 1.29 is 19.0 Å². The van der Waals surface area contributed by atoms with Gasteiger partial charge in [0.25, 0.3) is 11.5 Å². The monoisotopic (exact) mass is 486 g/mol. The Bertz CT molecular complexity index is 1430. The predicted octanol–water partition coefficient (Wildman–Crippen LogP) is 3.68. The van der Waals surface area contributed by atoms with Gasteiger partial charge in [-0.3, -0.25) is 14.7 Å². The Morgan fingerprint density at radius 2 is 1.44 bits per heavy atom. The molecule has 1 aromatic heterocycles. The molecule has 0 fully saturated rings. The number of methoxy groups -OCH3 is 3. The number of benzene rings is 3. The first-order chi connectivity index (χ1) is 17.5. The van der Waals surface area contributed by atoms with E-state index in [4.69, 9.17) is 14.2 Å². The Hall–Kier alpha value is -4.79. The summed E-state index contributed by atoms with van der Waals surface area (Å²) in [5, 5.41) is 7.50. The molecule has 3 aromatic carbocycles. The molecule has 184 valence electrons. The van der Waals surface area contributed by atoms with E-state index >= 15 is 0 Å². The molecular formula is C27H26N4O5. The molecule has 0 bridgehead atoms. The quantitative estimate of drug-likeness (QED) is 0.292. The Labute approximate surface area is 207 Å². The highest BCUT2D eigenvalue weighted by Crippen LogP contribution is 2.38. The smallest absolute Gasteiger partial charge is 0.281 e. The predicted molar refractivity (Wildman–Crippen MR) is 137 cm³/mol. The van der Waals surface area contributed by atoms with Crippen molar-refractivity contribution in [2.45, 2.75) is 6.92 Å². The summed E-state index contributed by atoms with van der Waals surface area (Å²) in [6.45, 7) is 1.79. The Kier molecular flexibility index (Phi) is 7.20. The normalized spacial score (nSPS) is 11.2. The van der Waals surface area contributed by atoms with Crippen LogP contribution in [0.4, 0.5) is 0 Å². The maximum atomic E-state index is 13.4. The van der Waals surface area contributed by atoms with E-state index < -0.39 is 5.91 Å². The number of H-pyrrole nitrogens is 1. The molecular weight excluding hydrogens is 460 g/mol. The van der Waals surface area contributed by atoms with Crippen LogP contribution in [-0.2, 0) is 0 Å². The first kappa shape index (κ1) is 24.3. The summed E-state index contributed by atoms with van der Waals surface area (Å²) in [5.74, 6) is 0.525. The van der Waals surface area contributed by atoms with Crippen LogP contribution in [0.15, 0.2) is 82.7 Å². The van der Waals surface area contributed by atoms with Gasteiger partial charge in [-0.1, -0.05) is 48.5 Å². The highest BCUT2D eigenvalue weighted by molar-refractivity contribution is 6.14. The third-order valence-electron chi connectivity index (χ3n) is 5.57. The van der Waals surface area contributed by atoms with Crippen molar-refractivity contribution in [1.29, 1.82) is 0 Å². The second kappa shape index (κ2) is 10.6. The summed E-state index contributed by atoms with van der Waals surface area (Å²) in [4.78, 5) is 26.5. The van der Waals surface area contributed by atoms with E-state index in [0.717, 1.165) is 0 Å². The number of amides is 1. The number of para-hydroxylation sites is 1. The number of nitrogens with one attached hydrogen (secondary N) is 2. The van der Waals surface area contributed by atoms with Crippen molar-refractivity contribution in [1.82, 2.24) is 15.2 Å². The first-order valence-corrected chi connectivity index (χ1v) is 11.1. The summed E-state index contributed by atoms with van der Waals surface area (Å²) in [6, 6.07) is 21.5. The molecule has 36 heavy (non-hydrogen) atoms. The van der Waals surface area contributed by atoms with Crippen molar-refractivity contribution in [3.8, 4) is 22.9 Å². The molecule has 0 aliphatic heterocycles. The molecule has 0 saturated heterocycles. The van der Waals surface area contributed by atoms with Crippen LogP contribution in [0.3, 0.4) is 0 Å². The van der Waals surface area contributed by atoms with Crippen LogP contribution in [0, 0.1) is 6.92 Å². The topological polar surface area (TPSA) is 107 Å². The van der Waals surface area contributed by atoms with Crippen LogP contribution in [0.2, 0.25) is 0 Å². The number of hydrazone groups is 1. The van der Waals surface area contributed by atoms with Gasteiger partial charge in [0, 0.05) is 16.8 Å². The van der Waals surface area contributed by atoms with Crippen LogP contribution in [-0.4, -0.2) is 42.7 Å². The van der Waals surface area contributed by atoms with Crippen molar-refractivity contribution in [2.24, 2.45) is 5.10 Å².